The van der Waals surface area contributed by atoms with E-state index in [1.165, 1.54) is 30.5 Å². The molecule has 158 valence electrons. The van der Waals surface area contributed by atoms with Crippen LogP contribution in [0.1, 0.15) is 16.8 Å². The van der Waals surface area contributed by atoms with Crippen molar-refractivity contribution in [3.63, 3.8) is 0 Å². The minimum Gasteiger partial charge on any atom is -0.337 e. The lowest BCUT2D eigenvalue weighted by molar-refractivity contribution is -0.108. The van der Waals surface area contributed by atoms with Crippen molar-refractivity contribution in [3.05, 3.63) is 89.2 Å². The van der Waals surface area contributed by atoms with Crippen LogP contribution in [0.3, 0.4) is 0 Å². The molecule has 0 saturated carbocycles. The molecule has 0 aliphatic rings. The van der Waals surface area contributed by atoms with Crippen LogP contribution in [0.4, 0.5) is 8.78 Å². The van der Waals surface area contributed by atoms with E-state index >= 15 is 0 Å². The van der Waals surface area contributed by atoms with Crippen molar-refractivity contribution in [3.8, 4) is 0 Å². The Labute approximate surface area is 177 Å². The zero-order chi connectivity index (χ0) is 22.2. The molecule has 0 fully saturated rings. The van der Waals surface area contributed by atoms with E-state index in [1.54, 1.807) is 29.7 Å². The summed E-state index contributed by atoms with van der Waals surface area (Å²) < 4.78 is 55.4. The molecule has 0 spiro atoms. The number of benzene rings is 2. The summed E-state index contributed by atoms with van der Waals surface area (Å²) in [7, 11) is -4.00. The first-order chi connectivity index (χ1) is 14.8. The topological polar surface area (TPSA) is 69.0 Å². The highest BCUT2D eigenvalue weighted by molar-refractivity contribution is 7.91. The van der Waals surface area contributed by atoms with E-state index in [9.17, 15) is 22.0 Å². The Morgan fingerprint density at radius 1 is 1.03 bits per heavy atom. The third kappa shape index (κ3) is 3.74. The summed E-state index contributed by atoms with van der Waals surface area (Å²) in [5.41, 5.74) is 2.55. The van der Waals surface area contributed by atoms with E-state index in [4.69, 9.17) is 0 Å². The fourth-order valence-electron chi connectivity index (χ4n) is 3.77. The maximum absolute atomic E-state index is 14.0. The van der Waals surface area contributed by atoms with Gasteiger partial charge in [0.1, 0.15) is 17.9 Å². The standard InChI is InChI=1S/C23H18F2N2O3S/c1-15-20(21-14-18(25)6-9-22(21)27(15)11-12-28)13-16-3-2-10-26-23(16)31(29,30)19-7-4-17(24)5-8-19/h2-10,12,14H,11,13H2,1H3. The van der Waals surface area contributed by atoms with Crippen LogP contribution in [0, 0.1) is 18.6 Å². The van der Waals surface area contributed by atoms with E-state index < -0.39 is 21.5 Å². The zero-order valence-electron chi connectivity index (χ0n) is 16.5. The summed E-state index contributed by atoms with van der Waals surface area (Å²) in [5.74, 6) is -0.969. The summed E-state index contributed by atoms with van der Waals surface area (Å²) in [6, 6.07) is 12.1. The van der Waals surface area contributed by atoms with Gasteiger partial charge >= 0.3 is 0 Å². The number of carbonyl (C=O) groups excluding carboxylic acids is 1. The largest absolute Gasteiger partial charge is 0.337 e. The van der Waals surface area contributed by atoms with E-state index in [2.05, 4.69) is 4.98 Å². The highest BCUT2D eigenvalue weighted by Crippen LogP contribution is 2.31. The maximum Gasteiger partial charge on any atom is 0.224 e. The van der Waals surface area contributed by atoms with Crippen molar-refractivity contribution in [1.82, 2.24) is 9.55 Å². The van der Waals surface area contributed by atoms with Gasteiger partial charge in [0.2, 0.25) is 9.84 Å². The van der Waals surface area contributed by atoms with Gasteiger partial charge in [0.25, 0.3) is 0 Å². The number of hydrogen-bond acceptors (Lipinski definition) is 4. The van der Waals surface area contributed by atoms with Gasteiger partial charge in [-0.25, -0.2) is 22.2 Å². The third-order valence-corrected chi connectivity index (χ3v) is 7.04. The SMILES string of the molecule is Cc1c(Cc2cccnc2S(=O)(=O)c2ccc(F)cc2)c2cc(F)ccc2n1CC=O. The van der Waals surface area contributed by atoms with Crippen molar-refractivity contribution in [1.29, 1.82) is 0 Å². The molecule has 2 aromatic heterocycles. The summed E-state index contributed by atoms with van der Waals surface area (Å²) in [5, 5.41) is 0.460. The molecule has 0 N–H and O–H groups in total. The van der Waals surface area contributed by atoms with Crippen LogP contribution >= 0.6 is 0 Å². The molecule has 4 rings (SSSR count). The second-order valence-electron chi connectivity index (χ2n) is 7.10. The van der Waals surface area contributed by atoms with E-state index in [0.29, 0.717) is 22.0 Å². The molecule has 0 atom stereocenters. The lowest BCUT2D eigenvalue weighted by atomic mass is 10.0. The van der Waals surface area contributed by atoms with E-state index in [-0.39, 0.29) is 22.9 Å². The van der Waals surface area contributed by atoms with Crippen molar-refractivity contribution in [2.75, 3.05) is 0 Å². The minimum absolute atomic E-state index is 0.0694. The first-order valence-electron chi connectivity index (χ1n) is 9.48. The van der Waals surface area contributed by atoms with Gasteiger partial charge in [-0.05, 0) is 66.6 Å². The molecule has 0 aliphatic heterocycles. The molecule has 0 bridgehead atoms. The van der Waals surface area contributed by atoms with Crippen LogP contribution in [0.15, 0.2) is 70.7 Å². The molecule has 0 amide bonds. The first kappa shape index (κ1) is 20.9. The van der Waals surface area contributed by atoms with Gasteiger partial charge in [0.15, 0.2) is 5.03 Å². The van der Waals surface area contributed by atoms with E-state index in [0.717, 1.165) is 24.1 Å². The zero-order valence-corrected chi connectivity index (χ0v) is 17.4. The molecule has 0 aliphatic carbocycles. The van der Waals surface area contributed by atoms with Crippen molar-refractivity contribution in [2.24, 2.45) is 0 Å². The fraction of sp³-hybridized carbons (Fsp3) is 0.130. The van der Waals surface area contributed by atoms with Crippen LogP contribution in [0.5, 0.6) is 0 Å². The van der Waals surface area contributed by atoms with Gasteiger partial charge in [0.05, 0.1) is 11.4 Å². The van der Waals surface area contributed by atoms with Gasteiger partial charge in [-0.2, -0.15) is 0 Å². The number of fused-ring (bicyclic) bond motifs is 1. The van der Waals surface area contributed by atoms with Gasteiger partial charge < -0.3 is 9.36 Å². The smallest absolute Gasteiger partial charge is 0.224 e. The van der Waals surface area contributed by atoms with Crippen molar-refractivity contribution in [2.45, 2.75) is 29.8 Å². The fourth-order valence-corrected chi connectivity index (χ4v) is 5.18. The second kappa shape index (κ2) is 8.03. The lowest BCUT2D eigenvalue weighted by Crippen LogP contribution is -2.09. The molecule has 0 unspecified atom stereocenters. The average Bonchev–Trinajstić information content (AvgIpc) is 3.00. The quantitative estimate of drug-likeness (QED) is 0.332. The average molecular weight is 440 g/mol. The number of hydrogen-bond donors (Lipinski definition) is 0. The number of rotatable bonds is 6. The molecule has 2 aromatic carbocycles. The number of aldehydes is 1. The normalized spacial score (nSPS) is 11.7. The summed E-state index contributed by atoms with van der Waals surface area (Å²) in [6.45, 7) is 1.91. The predicted octanol–water partition coefficient (Wildman–Crippen LogP) is 4.25. The Hall–Kier alpha value is -3.39. The maximum atomic E-state index is 14.0. The Morgan fingerprint density at radius 3 is 2.45 bits per heavy atom. The van der Waals surface area contributed by atoms with Crippen LogP contribution in [-0.4, -0.2) is 24.3 Å². The number of nitrogens with zero attached hydrogens (tertiary/aromatic N) is 2. The molecular formula is C23H18F2N2O3S. The highest BCUT2D eigenvalue weighted by atomic mass is 32.2. The molecular weight excluding hydrogens is 422 g/mol. The van der Waals surface area contributed by atoms with E-state index in [1.807, 2.05) is 0 Å². The summed E-state index contributed by atoms with van der Waals surface area (Å²) >= 11 is 0. The number of carbonyl (C=O) groups is 1. The Morgan fingerprint density at radius 2 is 1.74 bits per heavy atom. The molecule has 31 heavy (non-hydrogen) atoms. The molecule has 0 radical (unpaired) electrons. The molecule has 0 saturated heterocycles. The number of halogens is 2. The van der Waals surface area contributed by atoms with Gasteiger partial charge in [-0.15, -0.1) is 0 Å². The van der Waals surface area contributed by atoms with Crippen LogP contribution in [0.25, 0.3) is 10.9 Å². The number of sulfone groups is 1. The van der Waals surface area contributed by atoms with Gasteiger partial charge in [0, 0.05) is 29.2 Å². The Kier molecular flexibility index (Phi) is 5.41. The predicted molar refractivity (Wildman–Crippen MR) is 112 cm³/mol. The first-order valence-corrected chi connectivity index (χ1v) is 11.0. The minimum atomic E-state index is -4.00. The Bertz CT molecular complexity index is 1390. The summed E-state index contributed by atoms with van der Waals surface area (Å²) in [6.07, 6.45) is 2.30. The second-order valence-corrected chi connectivity index (χ2v) is 8.97. The van der Waals surface area contributed by atoms with Gasteiger partial charge in [-0.3, -0.25) is 0 Å². The lowest BCUT2D eigenvalue weighted by Gasteiger charge is -2.10. The van der Waals surface area contributed by atoms with Crippen molar-refractivity contribution >= 4 is 27.0 Å². The highest BCUT2D eigenvalue weighted by Gasteiger charge is 2.24. The number of aromatic nitrogens is 2. The van der Waals surface area contributed by atoms with Crippen LogP contribution in [-0.2, 0) is 27.6 Å². The summed E-state index contributed by atoms with van der Waals surface area (Å²) in [4.78, 5) is 15.2. The monoisotopic (exact) mass is 440 g/mol. The molecule has 5 nitrogen and oxygen atoms in total. The molecule has 4 aromatic rings. The molecule has 8 heteroatoms. The van der Waals surface area contributed by atoms with Crippen molar-refractivity contribution < 1.29 is 22.0 Å². The third-order valence-electron chi connectivity index (χ3n) is 5.27. The van der Waals surface area contributed by atoms with Crippen LogP contribution < -0.4 is 0 Å². The van der Waals surface area contributed by atoms with Crippen LogP contribution in [0.2, 0.25) is 0 Å². The number of pyridine rings is 1. The van der Waals surface area contributed by atoms with Gasteiger partial charge in [-0.1, -0.05) is 6.07 Å². The Balaban J connectivity index is 1.86. The molecule has 2 heterocycles.